The minimum Gasteiger partial charge on any atom is -0.360 e. The minimum absolute atomic E-state index is 0.160. The maximum Gasteiger partial charge on any atom is 0.238 e. The van der Waals surface area contributed by atoms with Gasteiger partial charge >= 0.3 is 0 Å². The Bertz CT molecular complexity index is 733. The summed E-state index contributed by atoms with van der Waals surface area (Å²) in [5.41, 5.74) is 1.25. The van der Waals surface area contributed by atoms with Crippen LogP contribution in [0.2, 0.25) is 0 Å². The molecule has 0 spiro atoms. The first kappa shape index (κ1) is 14.2. The van der Waals surface area contributed by atoms with E-state index in [2.05, 4.69) is 10.5 Å². The summed E-state index contributed by atoms with van der Waals surface area (Å²) >= 11 is 0. The van der Waals surface area contributed by atoms with Crippen LogP contribution in [0.15, 0.2) is 34.9 Å². The normalized spacial score (nSPS) is 18.1. The first-order chi connectivity index (χ1) is 10.6. The van der Waals surface area contributed by atoms with E-state index in [1.54, 1.807) is 19.1 Å². The zero-order chi connectivity index (χ0) is 15.7. The topological polar surface area (TPSA) is 89.3 Å². The maximum atomic E-state index is 12.7. The molecule has 6 nitrogen and oxygen atoms in total. The Kier molecular flexibility index (Phi) is 3.58. The summed E-state index contributed by atoms with van der Waals surface area (Å²) < 4.78 is 5.12. The maximum absolute atomic E-state index is 12.7. The number of piperidine rings is 1. The fourth-order valence-corrected chi connectivity index (χ4v) is 2.57. The number of nitrogens with zero attached hydrogens (tertiary/aromatic N) is 1. The number of aromatic nitrogens is 1. The van der Waals surface area contributed by atoms with Crippen molar-refractivity contribution in [3.8, 4) is 11.3 Å². The van der Waals surface area contributed by atoms with E-state index in [0.29, 0.717) is 17.0 Å². The second-order valence-corrected chi connectivity index (χ2v) is 5.13. The lowest BCUT2D eigenvalue weighted by molar-refractivity contribution is -0.134. The average molecular weight is 298 g/mol. The number of rotatable bonds is 3. The van der Waals surface area contributed by atoms with E-state index >= 15 is 0 Å². The van der Waals surface area contributed by atoms with E-state index in [9.17, 15) is 14.4 Å². The van der Waals surface area contributed by atoms with Gasteiger partial charge in [0.2, 0.25) is 5.91 Å². The molecule has 0 saturated carbocycles. The molecule has 22 heavy (non-hydrogen) atoms. The molecule has 0 bridgehead atoms. The van der Waals surface area contributed by atoms with Crippen LogP contribution >= 0.6 is 0 Å². The summed E-state index contributed by atoms with van der Waals surface area (Å²) in [6.45, 7) is 1.87. The fourth-order valence-electron chi connectivity index (χ4n) is 2.57. The van der Waals surface area contributed by atoms with E-state index in [0.717, 1.165) is 0 Å². The number of Topliss-reactive ketones (excluding diaryl/α,β-unsaturated/α-hetero) is 2. The van der Waals surface area contributed by atoms with Crippen LogP contribution in [-0.2, 0) is 9.59 Å². The van der Waals surface area contributed by atoms with Crippen LogP contribution < -0.4 is 5.32 Å². The smallest absolute Gasteiger partial charge is 0.238 e. The van der Waals surface area contributed by atoms with Gasteiger partial charge in [0.1, 0.15) is 11.5 Å². The number of aryl methyl sites for hydroxylation is 1. The van der Waals surface area contributed by atoms with Crippen molar-refractivity contribution in [3.05, 3.63) is 41.7 Å². The number of benzene rings is 1. The highest BCUT2D eigenvalue weighted by molar-refractivity contribution is 6.26. The molecule has 1 unspecified atom stereocenters. The number of hydrogen-bond donors (Lipinski definition) is 1. The fraction of sp³-hybridized carbons (Fsp3) is 0.250. The Labute approximate surface area is 126 Å². The molecule has 1 N–H and O–H groups in total. The van der Waals surface area contributed by atoms with Gasteiger partial charge in [-0.2, -0.15) is 0 Å². The number of carbonyl (C=O) groups excluding carboxylic acids is 3. The van der Waals surface area contributed by atoms with Gasteiger partial charge < -0.3 is 9.84 Å². The third-order valence-corrected chi connectivity index (χ3v) is 3.67. The van der Waals surface area contributed by atoms with Gasteiger partial charge in [0.15, 0.2) is 17.5 Å². The summed E-state index contributed by atoms with van der Waals surface area (Å²) in [6.07, 6.45) is 0.160. The molecule has 1 aromatic heterocycles. The quantitative estimate of drug-likeness (QED) is 0.685. The number of carbonyl (C=O) groups is 3. The molecule has 1 aliphatic rings. The molecule has 1 amide bonds. The first-order valence-corrected chi connectivity index (χ1v) is 6.96. The van der Waals surface area contributed by atoms with Crippen LogP contribution in [-0.4, -0.2) is 29.2 Å². The minimum atomic E-state index is -1.31. The van der Waals surface area contributed by atoms with Gasteiger partial charge in [-0.25, -0.2) is 0 Å². The molecular formula is C16H14N2O4. The van der Waals surface area contributed by atoms with Gasteiger partial charge in [0.05, 0.1) is 5.56 Å². The molecule has 1 atom stereocenters. The molecule has 2 aromatic rings. The van der Waals surface area contributed by atoms with Crippen LogP contribution in [0.4, 0.5) is 0 Å². The van der Waals surface area contributed by atoms with Crippen molar-refractivity contribution in [2.45, 2.75) is 13.3 Å². The predicted octanol–water partition coefficient (Wildman–Crippen LogP) is 1.54. The van der Waals surface area contributed by atoms with Gasteiger partial charge in [0.25, 0.3) is 0 Å². The lowest BCUT2D eigenvalue weighted by atomic mass is 9.87. The Hall–Kier alpha value is -2.76. The molecule has 6 heteroatoms. The highest BCUT2D eigenvalue weighted by Crippen LogP contribution is 2.28. The summed E-state index contributed by atoms with van der Waals surface area (Å²) in [5, 5.41) is 6.47. The van der Waals surface area contributed by atoms with Crippen molar-refractivity contribution in [1.82, 2.24) is 10.5 Å². The molecule has 112 valence electrons. The zero-order valence-electron chi connectivity index (χ0n) is 12.0. The molecular weight excluding hydrogens is 284 g/mol. The highest BCUT2D eigenvalue weighted by atomic mass is 16.5. The molecule has 1 fully saturated rings. The van der Waals surface area contributed by atoms with Crippen molar-refractivity contribution in [2.24, 2.45) is 5.92 Å². The Morgan fingerprint density at radius 2 is 2.00 bits per heavy atom. The van der Waals surface area contributed by atoms with Gasteiger partial charge in [-0.3, -0.25) is 14.4 Å². The SMILES string of the molecule is Cc1onc(-c2ccccc2)c1C(=O)C1C(=O)CCNC1=O. The molecule has 2 heterocycles. The summed E-state index contributed by atoms with van der Waals surface area (Å²) in [4.78, 5) is 36.6. The Morgan fingerprint density at radius 1 is 1.27 bits per heavy atom. The molecule has 3 rings (SSSR count). The molecule has 1 aliphatic heterocycles. The molecule has 0 radical (unpaired) electrons. The van der Waals surface area contributed by atoms with Crippen LogP contribution in [0.1, 0.15) is 22.5 Å². The van der Waals surface area contributed by atoms with Gasteiger partial charge in [-0.15, -0.1) is 0 Å². The van der Waals surface area contributed by atoms with E-state index in [-0.39, 0.29) is 24.3 Å². The van der Waals surface area contributed by atoms with Crippen molar-refractivity contribution in [1.29, 1.82) is 0 Å². The van der Waals surface area contributed by atoms with Gasteiger partial charge in [-0.05, 0) is 6.92 Å². The second-order valence-electron chi connectivity index (χ2n) is 5.13. The molecule has 0 aliphatic carbocycles. The van der Waals surface area contributed by atoms with Crippen molar-refractivity contribution < 1.29 is 18.9 Å². The van der Waals surface area contributed by atoms with Gasteiger partial charge in [0, 0.05) is 18.5 Å². The Balaban J connectivity index is 2.05. The van der Waals surface area contributed by atoms with Gasteiger partial charge in [-0.1, -0.05) is 35.5 Å². The van der Waals surface area contributed by atoms with Crippen molar-refractivity contribution in [2.75, 3.05) is 6.54 Å². The lowest BCUT2D eigenvalue weighted by Gasteiger charge is -2.19. The number of amides is 1. The van der Waals surface area contributed by atoms with Crippen LogP contribution in [0, 0.1) is 12.8 Å². The Morgan fingerprint density at radius 3 is 2.68 bits per heavy atom. The predicted molar refractivity (Wildman–Crippen MR) is 77.1 cm³/mol. The standard InChI is InChI=1S/C16H14N2O4/c1-9-12(14(18-22-9)10-5-3-2-4-6-10)15(20)13-11(19)7-8-17-16(13)21/h2-6,13H,7-8H2,1H3,(H,17,21). The monoisotopic (exact) mass is 298 g/mol. The van der Waals surface area contributed by atoms with Crippen LogP contribution in [0.3, 0.4) is 0 Å². The summed E-state index contributed by atoms with van der Waals surface area (Å²) in [7, 11) is 0. The van der Waals surface area contributed by atoms with E-state index in [1.165, 1.54) is 0 Å². The summed E-state index contributed by atoms with van der Waals surface area (Å²) in [6, 6.07) is 9.04. The van der Waals surface area contributed by atoms with E-state index in [4.69, 9.17) is 4.52 Å². The zero-order valence-corrected chi connectivity index (χ0v) is 12.0. The third kappa shape index (κ3) is 2.32. The molecule has 1 saturated heterocycles. The number of ketones is 2. The molecule has 1 aromatic carbocycles. The number of nitrogens with one attached hydrogen (secondary N) is 1. The largest absolute Gasteiger partial charge is 0.360 e. The first-order valence-electron chi connectivity index (χ1n) is 6.96. The third-order valence-electron chi connectivity index (χ3n) is 3.67. The number of hydrogen-bond acceptors (Lipinski definition) is 5. The average Bonchev–Trinajstić information content (AvgIpc) is 2.89. The van der Waals surface area contributed by atoms with Crippen molar-refractivity contribution in [3.63, 3.8) is 0 Å². The highest BCUT2D eigenvalue weighted by Gasteiger charge is 2.39. The van der Waals surface area contributed by atoms with Crippen molar-refractivity contribution >= 4 is 17.5 Å². The lowest BCUT2D eigenvalue weighted by Crippen LogP contribution is -2.46. The van der Waals surface area contributed by atoms with Crippen LogP contribution in [0.25, 0.3) is 11.3 Å². The second kappa shape index (κ2) is 5.55. The van der Waals surface area contributed by atoms with E-state index < -0.39 is 17.6 Å². The van der Waals surface area contributed by atoms with Crippen LogP contribution in [0.5, 0.6) is 0 Å². The summed E-state index contributed by atoms with van der Waals surface area (Å²) in [5.74, 6) is -2.49. The van der Waals surface area contributed by atoms with E-state index in [1.807, 2.05) is 18.2 Å².